The maximum absolute atomic E-state index is 12.8. The van der Waals surface area contributed by atoms with E-state index < -0.39 is 23.0 Å². The monoisotopic (exact) mass is 355 g/mol. The summed E-state index contributed by atoms with van der Waals surface area (Å²) in [6.07, 6.45) is 1.47. The number of β-lactam (4-membered cyclic amide) rings is 1. The second-order valence-corrected chi connectivity index (χ2v) is 7.17. The summed E-state index contributed by atoms with van der Waals surface area (Å²) < 4.78 is 6.01. The van der Waals surface area contributed by atoms with Gasteiger partial charge in [0.05, 0.1) is 0 Å². The zero-order chi connectivity index (χ0) is 17.6. The Bertz CT molecular complexity index is 840. The predicted octanol–water partition coefficient (Wildman–Crippen LogP) is 2.50. The van der Waals surface area contributed by atoms with Crippen LogP contribution in [-0.2, 0) is 20.9 Å². The number of benzene rings is 2. The summed E-state index contributed by atoms with van der Waals surface area (Å²) in [4.78, 5) is 25.3. The predicted molar refractivity (Wildman–Crippen MR) is 94.5 cm³/mol. The lowest BCUT2D eigenvalue weighted by Crippen LogP contribution is -2.77. The molecule has 0 aliphatic carbocycles. The molecule has 2 aliphatic rings. The SMILES string of the molecule is CSC12c3ccccc3CC(C(=O)O)N1C(=O)C2Oc1ccccc1. The van der Waals surface area contributed by atoms with Gasteiger partial charge in [-0.3, -0.25) is 4.79 Å². The lowest BCUT2D eigenvalue weighted by Gasteiger charge is -2.60. The van der Waals surface area contributed by atoms with Gasteiger partial charge in [-0.25, -0.2) is 4.79 Å². The molecule has 0 bridgehead atoms. The molecule has 4 rings (SSSR count). The fourth-order valence-corrected chi connectivity index (χ4v) is 5.00. The van der Waals surface area contributed by atoms with Crippen LogP contribution in [0.15, 0.2) is 54.6 Å². The average molecular weight is 355 g/mol. The van der Waals surface area contributed by atoms with E-state index >= 15 is 0 Å². The van der Waals surface area contributed by atoms with Crippen molar-refractivity contribution in [1.82, 2.24) is 4.90 Å². The van der Waals surface area contributed by atoms with E-state index in [0.29, 0.717) is 12.2 Å². The molecule has 1 fully saturated rings. The minimum Gasteiger partial charge on any atom is -0.480 e. The molecule has 1 amide bonds. The summed E-state index contributed by atoms with van der Waals surface area (Å²) in [5.74, 6) is -0.664. The van der Waals surface area contributed by atoms with Crippen LogP contribution in [0.25, 0.3) is 0 Å². The van der Waals surface area contributed by atoms with Crippen LogP contribution < -0.4 is 4.74 Å². The summed E-state index contributed by atoms with van der Waals surface area (Å²) in [6, 6.07) is 16.0. The van der Waals surface area contributed by atoms with Crippen LogP contribution in [0.5, 0.6) is 5.75 Å². The highest BCUT2D eigenvalue weighted by Crippen LogP contribution is 2.55. The van der Waals surface area contributed by atoms with Crippen LogP contribution in [0.4, 0.5) is 0 Å². The van der Waals surface area contributed by atoms with E-state index in [-0.39, 0.29) is 5.91 Å². The number of carbonyl (C=O) groups is 2. The molecule has 6 heteroatoms. The molecule has 1 saturated heterocycles. The standard InChI is InChI=1S/C19H17NO4S/c1-25-19-14-10-6-5-7-12(14)11-15(18(22)23)20(19)17(21)16(19)24-13-8-3-2-4-9-13/h2-10,15-16H,11H2,1H3,(H,22,23). The number of thioether (sulfide) groups is 1. The van der Waals surface area contributed by atoms with Gasteiger partial charge in [-0.2, -0.15) is 0 Å². The first kappa shape index (κ1) is 16.0. The van der Waals surface area contributed by atoms with E-state index in [9.17, 15) is 14.7 Å². The Labute approximate surface area is 149 Å². The Morgan fingerprint density at radius 2 is 1.88 bits per heavy atom. The minimum atomic E-state index is -0.987. The Balaban J connectivity index is 1.82. The largest absolute Gasteiger partial charge is 0.480 e. The van der Waals surface area contributed by atoms with Crippen molar-refractivity contribution in [3.8, 4) is 5.75 Å². The van der Waals surface area contributed by atoms with Gasteiger partial charge in [0.2, 0.25) is 6.10 Å². The summed E-state index contributed by atoms with van der Waals surface area (Å²) >= 11 is 1.45. The van der Waals surface area contributed by atoms with Crippen LogP contribution >= 0.6 is 11.8 Å². The van der Waals surface area contributed by atoms with E-state index in [1.807, 2.05) is 48.7 Å². The molecule has 0 aromatic heterocycles. The van der Waals surface area contributed by atoms with Crippen molar-refractivity contribution in [1.29, 1.82) is 0 Å². The van der Waals surface area contributed by atoms with E-state index in [0.717, 1.165) is 11.1 Å². The molecule has 2 aliphatic heterocycles. The van der Waals surface area contributed by atoms with Crippen molar-refractivity contribution >= 4 is 23.6 Å². The average Bonchev–Trinajstić information content (AvgIpc) is 2.64. The molecular weight excluding hydrogens is 338 g/mol. The maximum atomic E-state index is 12.8. The first-order chi connectivity index (χ1) is 12.1. The number of para-hydroxylation sites is 1. The van der Waals surface area contributed by atoms with E-state index in [1.54, 1.807) is 12.1 Å². The maximum Gasteiger partial charge on any atom is 0.326 e. The summed E-state index contributed by atoms with van der Waals surface area (Å²) in [5, 5.41) is 9.65. The van der Waals surface area contributed by atoms with Gasteiger partial charge in [-0.15, -0.1) is 11.8 Å². The van der Waals surface area contributed by atoms with Crippen molar-refractivity contribution in [2.75, 3.05) is 6.26 Å². The molecule has 25 heavy (non-hydrogen) atoms. The third-order valence-corrected chi connectivity index (χ3v) is 6.15. The zero-order valence-electron chi connectivity index (χ0n) is 13.6. The number of carbonyl (C=O) groups excluding carboxylic acids is 1. The third-order valence-electron chi connectivity index (χ3n) is 4.90. The number of fused-ring (bicyclic) bond motifs is 3. The van der Waals surface area contributed by atoms with Crippen LogP contribution in [0, 0.1) is 0 Å². The first-order valence-corrected chi connectivity index (χ1v) is 9.23. The second-order valence-electron chi connectivity index (χ2n) is 6.14. The van der Waals surface area contributed by atoms with Crippen LogP contribution in [0.2, 0.25) is 0 Å². The summed E-state index contributed by atoms with van der Waals surface area (Å²) in [6.45, 7) is 0. The summed E-state index contributed by atoms with van der Waals surface area (Å²) in [5.41, 5.74) is 1.91. The second kappa shape index (κ2) is 5.81. The van der Waals surface area contributed by atoms with Gasteiger partial charge in [0.1, 0.15) is 11.8 Å². The van der Waals surface area contributed by atoms with Gasteiger partial charge in [-0.05, 0) is 29.5 Å². The van der Waals surface area contributed by atoms with Gasteiger partial charge in [0, 0.05) is 6.42 Å². The Kier molecular flexibility index (Phi) is 3.72. The van der Waals surface area contributed by atoms with Gasteiger partial charge in [0.15, 0.2) is 4.87 Å². The zero-order valence-corrected chi connectivity index (χ0v) is 14.4. The molecule has 1 N–H and O–H groups in total. The molecule has 3 unspecified atom stereocenters. The topological polar surface area (TPSA) is 66.8 Å². The number of carboxylic acid groups (broad SMARTS) is 1. The molecule has 128 valence electrons. The van der Waals surface area contributed by atoms with Crippen molar-refractivity contribution in [2.45, 2.75) is 23.4 Å². The number of ether oxygens (including phenoxy) is 1. The fraction of sp³-hybridized carbons (Fsp3) is 0.263. The molecule has 5 nitrogen and oxygen atoms in total. The Hall–Kier alpha value is -2.47. The number of aliphatic carboxylic acids is 1. The van der Waals surface area contributed by atoms with E-state index in [1.165, 1.54) is 16.7 Å². The lowest BCUT2D eigenvalue weighted by molar-refractivity contribution is -0.183. The lowest BCUT2D eigenvalue weighted by atomic mass is 9.78. The Morgan fingerprint density at radius 1 is 1.20 bits per heavy atom. The van der Waals surface area contributed by atoms with Crippen molar-refractivity contribution in [2.24, 2.45) is 0 Å². The molecule has 2 aromatic rings. The highest BCUT2D eigenvalue weighted by atomic mass is 32.2. The Morgan fingerprint density at radius 3 is 2.56 bits per heavy atom. The van der Waals surface area contributed by atoms with Crippen molar-refractivity contribution in [3.05, 3.63) is 65.7 Å². The molecule has 0 radical (unpaired) electrons. The molecule has 0 saturated carbocycles. The number of hydrogen-bond acceptors (Lipinski definition) is 4. The highest BCUT2D eigenvalue weighted by Gasteiger charge is 2.68. The first-order valence-electron chi connectivity index (χ1n) is 8.01. The number of amides is 1. The van der Waals surface area contributed by atoms with Crippen LogP contribution in [-0.4, -0.2) is 40.3 Å². The minimum absolute atomic E-state index is 0.278. The number of carboxylic acids is 1. The van der Waals surface area contributed by atoms with Gasteiger partial charge in [-0.1, -0.05) is 42.5 Å². The molecular formula is C19H17NO4S. The van der Waals surface area contributed by atoms with Crippen LogP contribution in [0.1, 0.15) is 11.1 Å². The molecule has 2 aromatic carbocycles. The summed E-state index contributed by atoms with van der Waals surface area (Å²) in [7, 11) is 0. The van der Waals surface area contributed by atoms with Gasteiger partial charge < -0.3 is 14.7 Å². The van der Waals surface area contributed by atoms with E-state index in [4.69, 9.17) is 4.74 Å². The third kappa shape index (κ3) is 2.17. The van der Waals surface area contributed by atoms with Gasteiger partial charge in [0.25, 0.3) is 5.91 Å². The van der Waals surface area contributed by atoms with Gasteiger partial charge >= 0.3 is 5.97 Å². The molecule has 3 atom stereocenters. The van der Waals surface area contributed by atoms with Crippen molar-refractivity contribution in [3.63, 3.8) is 0 Å². The highest BCUT2D eigenvalue weighted by molar-refractivity contribution is 7.99. The smallest absolute Gasteiger partial charge is 0.326 e. The number of nitrogens with zero attached hydrogens (tertiary/aromatic N) is 1. The van der Waals surface area contributed by atoms with Crippen molar-refractivity contribution < 1.29 is 19.4 Å². The molecule has 0 spiro atoms. The van der Waals surface area contributed by atoms with E-state index in [2.05, 4.69) is 0 Å². The normalized spacial score (nSPS) is 27.1. The molecule has 2 heterocycles. The van der Waals surface area contributed by atoms with Crippen LogP contribution in [0.3, 0.4) is 0 Å². The number of rotatable bonds is 4. The quantitative estimate of drug-likeness (QED) is 0.854. The fourth-order valence-electron chi connectivity index (χ4n) is 3.80. The number of hydrogen-bond donors (Lipinski definition) is 1.